The highest BCUT2D eigenvalue weighted by Crippen LogP contribution is 2.35. The molecule has 8 heteroatoms. The number of nitrogens with zero attached hydrogens (tertiary/aromatic N) is 4. The van der Waals surface area contributed by atoms with Gasteiger partial charge in [-0.3, -0.25) is 9.48 Å². The first kappa shape index (κ1) is 15.4. The predicted molar refractivity (Wildman–Crippen MR) is 88.1 cm³/mol. The van der Waals surface area contributed by atoms with Crippen LogP contribution in [-0.2, 0) is 7.05 Å². The Morgan fingerprint density at radius 1 is 1.36 bits per heavy atom. The SMILES string of the molecule is Cc1nc(-c2ccc3c(c2)OC[C@H]3NC(=O)c2cnn(C)c2C)no1. The molecule has 3 heterocycles. The van der Waals surface area contributed by atoms with E-state index < -0.39 is 0 Å². The van der Waals surface area contributed by atoms with Gasteiger partial charge in [0.15, 0.2) is 0 Å². The summed E-state index contributed by atoms with van der Waals surface area (Å²) in [6.45, 7) is 3.99. The maximum absolute atomic E-state index is 12.5. The van der Waals surface area contributed by atoms with Crippen molar-refractivity contribution in [3.8, 4) is 17.1 Å². The second-order valence-corrected chi connectivity index (χ2v) is 5.99. The van der Waals surface area contributed by atoms with Crippen molar-refractivity contribution >= 4 is 5.91 Å². The van der Waals surface area contributed by atoms with E-state index in [1.165, 1.54) is 0 Å². The van der Waals surface area contributed by atoms with Gasteiger partial charge in [0.25, 0.3) is 5.91 Å². The largest absolute Gasteiger partial charge is 0.491 e. The minimum Gasteiger partial charge on any atom is -0.491 e. The summed E-state index contributed by atoms with van der Waals surface area (Å²) in [4.78, 5) is 16.7. The van der Waals surface area contributed by atoms with Crippen LogP contribution in [0, 0.1) is 13.8 Å². The van der Waals surface area contributed by atoms with Crippen LogP contribution in [0.3, 0.4) is 0 Å². The number of carbonyl (C=O) groups is 1. The lowest BCUT2D eigenvalue weighted by molar-refractivity contribution is 0.0929. The summed E-state index contributed by atoms with van der Waals surface area (Å²) in [6.07, 6.45) is 1.57. The van der Waals surface area contributed by atoms with Crippen LogP contribution in [0.4, 0.5) is 0 Å². The Morgan fingerprint density at radius 2 is 2.20 bits per heavy atom. The van der Waals surface area contributed by atoms with E-state index in [-0.39, 0.29) is 11.9 Å². The molecule has 1 atom stereocenters. The van der Waals surface area contributed by atoms with Gasteiger partial charge in [-0.2, -0.15) is 10.1 Å². The van der Waals surface area contributed by atoms with Gasteiger partial charge in [0.05, 0.1) is 17.8 Å². The minimum atomic E-state index is -0.205. The number of aryl methyl sites for hydroxylation is 2. The average molecular weight is 339 g/mol. The highest BCUT2D eigenvalue weighted by Gasteiger charge is 2.27. The number of hydrogen-bond donors (Lipinski definition) is 1. The molecule has 4 rings (SSSR count). The summed E-state index contributed by atoms with van der Waals surface area (Å²) in [6, 6.07) is 5.47. The van der Waals surface area contributed by atoms with Crippen molar-refractivity contribution in [3.63, 3.8) is 0 Å². The van der Waals surface area contributed by atoms with Gasteiger partial charge in [-0.05, 0) is 13.0 Å². The van der Waals surface area contributed by atoms with E-state index in [0.29, 0.717) is 29.6 Å². The van der Waals surface area contributed by atoms with Gasteiger partial charge in [0, 0.05) is 30.8 Å². The number of fused-ring (bicyclic) bond motifs is 1. The van der Waals surface area contributed by atoms with Crippen LogP contribution in [0.2, 0.25) is 0 Å². The van der Waals surface area contributed by atoms with Gasteiger partial charge in [-0.25, -0.2) is 0 Å². The number of hydrogen-bond acceptors (Lipinski definition) is 6. The molecule has 0 fully saturated rings. The number of amides is 1. The molecule has 0 unspecified atom stereocenters. The molecule has 25 heavy (non-hydrogen) atoms. The zero-order valence-electron chi connectivity index (χ0n) is 14.1. The van der Waals surface area contributed by atoms with E-state index in [2.05, 4.69) is 20.6 Å². The van der Waals surface area contributed by atoms with Crippen molar-refractivity contribution in [2.24, 2.45) is 7.05 Å². The molecule has 0 saturated heterocycles. The molecule has 1 aromatic carbocycles. The fraction of sp³-hybridized carbons (Fsp3) is 0.294. The third-order valence-electron chi connectivity index (χ3n) is 4.37. The van der Waals surface area contributed by atoms with Crippen molar-refractivity contribution < 1.29 is 14.1 Å². The van der Waals surface area contributed by atoms with E-state index in [1.54, 1.807) is 24.9 Å². The second kappa shape index (κ2) is 5.73. The Bertz CT molecular complexity index is 959. The first-order chi connectivity index (χ1) is 12.0. The molecule has 0 spiro atoms. The number of aromatic nitrogens is 4. The van der Waals surface area contributed by atoms with E-state index in [1.807, 2.05) is 25.1 Å². The lowest BCUT2D eigenvalue weighted by Gasteiger charge is -2.11. The molecule has 0 radical (unpaired) electrons. The number of ether oxygens (including phenoxy) is 1. The number of carbonyl (C=O) groups excluding carboxylic acids is 1. The van der Waals surface area contributed by atoms with Gasteiger partial charge >= 0.3 is 0 Å². The van der Waals surface area contributed by atoms with Gasteiger partial charge in [0.1, 0.15) is 12.4 Å². The Labute approximate surface area is 143 Å². The van der Waals surface area contributed by atoms with Crippen LogP contribution < -0.4 is 10.1 Å². The molecule has 8 nitrogen and oxygen atoms in total. The van der Waals surface area contributed by atoms with Crippen molar-refractivity contribution in [3.05, 3.63) is 47.1 Å². The van der Waals surface area contributed by atoms with Crippen LogP contribution in [0.15, 0.2) is 28.9 Å². The molecule has 1 aliphatic rings. The standard InChI is InChI=1S/C17H17N5O3/c1-9-13(7-18-22(9)3)17(23)20-14-8-24-15-6-11(4-5-12(14)15)16-19-10(2)25-21-16/h4-7,14H,8H2,1-3H3,(H,20,23)/t14-/m1/s1. The van der Waals surface area contributed by atoms with E-state index >= 15 is 0 Å². The molecule has 3 aromatic rings. The molecule has 1 amide bonds. The number of rotatable bonds is 3. The lowest BCUT2D eigenvalue weighted by atomic mass is 10.1. The van der Waals surface area contributed by atoms with Crippen LogP contribution in [0.25, 0.3) is 11.4 Å². The molecule has 128 valence electrons. The van der Waals surface area contributed by atoms with Crippen molar-refractivity contribution in [2.75, 3.05) is 6.61 Å². The average Bonchev–Trinajstić information content (AvgIpc) is 3.28. The molecule has 0 bridgehead atoms. The Hall–Kier alpha value is -3.16. The zero-order valence-corrected chi connectivity index (χ0v) is 14.1. The maximum Gasteiger partial charge on any atom is 0.255 e. The topological polar surface area (TPSA) is 95.1 Å². The Morgan fingerprint density at radius 3 is 2.88 bits per heavy atom. The summed E-state index contributed by atoms with van der Waals surface area (Å²) in [7, 11) is 1.81. The molecule has 0 saturated carbocycles. The smallest absolute Gasteiger partial charge is 0.255 e. The first-order valence-corrected chi connectivity index (χ1v) is 7.90. The second-order valence-electron chi connectivity index (χ2n) is 5.99. The van der Waals surface area contributed by atoms with Gasteiger partial charge < -0.3 is 14.6 Å². The normalized spacial score (nSPS) is 15.7. The summed E-state index contributed by atoms with van der Waals surface area (Å²) in [5.41, 5.74) is 3.12. The molecule has 2 aromatic heterocycles. The van der Waals surface area contributed by atoms with E-state index in [9.17, 15) is 4.79 Å². The van der Waals surface area contributed by atoms with Crippen LogP contribution >= 0.6 is 0 Å². The summed E-state index contributed by atoms with van der Waals surface area (Å²) in [5, 5.41) is 11.0. The molecular formula is C17H17N5O3. The summed E-state index contributed by atoms with van der Waals surface area (Å²) >= 11 is 0. The lowest BCUT2D eigenvalue weighted by Crippen LogP contribution is -2.29. The molecule has 1 N–H and O–H groups in total. The van der Waals surface area contributed by atoms with Gasteiger partial charge in [0.2, 0.25) is 11.7 Å². The van der Waals surface area contributed by atoms with Crippen LogP contribution in [0.1, 0.15) is 33.5 Å². The van der Waals surface area contributed by atoms with Crippen molar-refractivity contribution in [2.45, 2.75) is 19.9 Å². The third kappa shape index (κ3) is 2.65. The highest BCUT2D eigenvalue weighted by atomic mass is 16.5. The monoisotopic (exact) mass is 339 g/mol. The van der Waals surface area contributed by atoms with E-state index in [0.717, 1.165) is 16.8 Å². The summed E-state index contributed by atoms with van der Waals surface area (Å²) in [5.74, 6) is 1.58. The van der Waals surface area contributed by atoms with Gasteiger partial charge in [-0.15, -0.1) is 0 Å². The quantitative estimate of drug-likeness (QED) is 0.784. The highest BCUT2D eigenvalue weighted by molar-refractivity contribution is 5.95. The predicted octanol–water partition coefficient (Wildman–Crippen LogP) is 1.95. The molecular weight excluding hydrogens is 322 g/mol. The zero-order chi connectivity index (χ0) is 17.6. The fourth-order valence-electron chi connectivity index (χ4n) is 2.84. The number of benzene rings is 1. The van der Waals surface area contributed by atoms with E-state index in [4.69, 9.17) is 9.26 Å². The molecule has 0 aliphatic carbocycles. The summed E-state index contributed by atoms with van der Waals surface area (Å²) < 4.78 is 12.4. The Kier molecular flexibility index (Phi) is 3.52. The van der Waals surface area contributed by atoms with Crippen LogP contribution in [0.5, 0.6) is 5.75 Å². The van der Waals surface area contributed by atoms with Crippen molar-refractivity contribution in [1.29, 1.82) is 0 Å². The number of nitrogens with one attached hydrogen (secondary N) is 1. The Balaban J connectivity index is 1.56. The maximum atomic E-state index is 12.5. The molecule has 1 aliphatic heterocycles. The van der Waals surface area contributed by atoms with Crippen molar-refractivity contribution in [1.82, 2.24) is 25.2 Å². The third-order valence-corrected chi connectivity index (χ3v) is 4.37. The van der Waals surface area contributed by atoms with Gasteiger partial charge in [-0.1, -0.05) is 17.3 Å². The first-order valence-electron chi connectivity index (χ1n) is 7.90. The minimum absolute atomic E-state index is 0.162. The fourth-order valence-corrected chi connectivity index (χ4v) is 2.84. The van der Waals surface area contributed by atoms with Crippen LogP contribution in [-0.4, -0.2) is 32.4 Å².